The molecule has 0 bridgehead atoms. The third-order valence-electron chi connectivity index (χ3n) is 4.35. The minimum atomic E-state index is 0.760. The van der Waals surface area contributed by atoms with Crippen LogP contribution in [0.5, 0.6) is 0 Å². The van der Waals surface area contributed by atoms with Crippen LogP contribution in [0.3, 0.4) is 0 Å². The zero-order chi connectivity index (χ0) is 13.9. The number of fused-ring (bicyclic) bond motifs is 1. The first-order valence-electron chi connectivity index (χ1n) is 7.66. The lowest BCUT2D eigenvalue weighted by Gasteiger charge is -2.37. The molecule has 4 heteroatoms. The molecule has 0 N–H and O–H groups in total. The smallest absolute Gasteiger partial charge is 0.186 e. The third kappa shape index (κ3) is 2.67. The van der Waals surface area contributed by atoms with E-state index in [4.69, 9.17) is 4.98 Å². The van der Waals surface area contributed by atoms with Crippen molar-refractivity contribution in [1.82, 2.24) is 9.88 Å². The van der Waals surface area contributed by atoms with E-state index in [0.717, 1.165) is 24.6 Å². The van der Waals surface area contributed by atoms with Gasteiger partial charge in [0.2, 0.25) is 0 Å². The van der Waals surface area contributed by atoms with E-state index >= 15 is 0 Å². The number of rotatable bonds is 4. The van der Waals surface area contributed by atoms with Crippen molar-refractivity contribution in [2.24, 2.45) is 0 Å². The Balaban J connectivity index is 1.68. The summed E-state index contributed by atoms with van der Waals surface area (Å²) in [5.41, 5.74) is 1.14. The lowest BCUT2D eigenvalue weighted by molar-refractivity contribution is 0.186. The van der Waals surface area contributed by atoms with Gasteiger partial charge in [-0.05, 0) is 38.1 Å². The van der Waals surface area contributed by atoms with Gasteiger partial charge in [0.05, 0.1) is 10.2 Å². The SMILES string of the molecule is CCN(CC)C1CCN(c2nc3ccccc3s2)CC1. The highest BCUT2D eigenvalue weighted by molar-refractivity contribution is 7.22. The predicted octanol–water partition coefficient (Wildman–Crippen LogP) is 3.61. The van der Waals surface area contributed by atoms with Crippen LogP contribution in [0.2, 0.25) is 0 Å². The predicted molar refractivity (Wildman–Crippen MR) is 87.8 cm³/mol. The normalized spacial score (nSPS) is 17.2. The molecule has 0 radical (unpaired) electrons. The van der Waals surface area contributed by atoms with Crippen LogP contribution in [0, 0.1) is 0 Å². The number of hydrogen-bond donors (Lipinski definition) is 0. The summed E-state index contributed by atoms with van der Waals surface area (Å²) in [6, 6.07) is 9.20. The number of thiazole rings is 1. The monoisotopic (exact) mass is 289 g/mol. The molecule has 108 valence electrons. The first-order chi connectivity index (χ1) is 9.81. The number of para-hydroxylation sites is 1. The lowest BCUT2D eigenvalue weighted by atomic mass is 10.0. The van der Waals surface area contributed by atoms with E-state index < -0.39 is 0 Å². The van der Waals surface area contributed by atoms with Crippen LogP contribution in [-0.2, 0) is 0 Å². The minimum Gasteiger partial charge on any atom is -0.348 e. The first-order valence-corrected chi connectivity index (χ1v) is 8.48. The lowest BCUT2D eigenvalue weighted by Crippen LogP contribution is -2.44. The number of aromatic nitrogens is 1. The second-order valence-corrected chi connectivity index (χ2v) is 6.41. The maximum Gasteiger partial charge on any atom is 0.186 e. The average Bonchev–Trinajstić information content (AvgIpc) is 2.93. The van der Waals surface area contributed by atoms with E-state index in [1.54, 1.807) is 0 Å². The molecule has 0 atom stereocenters. The van der Waals surface area contributed by atoms with Gasteiger partial charge in [-0.15, -0.1) is 0 Å². The minimum absolute atomic E-state index is 0.760. The topological polar surface area (TPSA) is 19.4 Å². The van der Waals surface area contributed by atoms with Gasteiger partial charge >= 0.3 is 0 Å². The summed E-state index contributed by atoms with van der Waals surface area (Å²) in [5, 5.41) is 1.20. The van der Waals surface area contributed by atoms with Gasteiger partial charge in [-0.1, -0.05) is 37.3 Å². The van der Waals surface area contributed by atoms with Crippen molar-refractivity contribution in [2.45, 2.75) is 32.7 Å². The molecule has 0 spiro atoms. The Morgan fingerprint density at radius 3 is 2.55 bits per heavy atom. The molecule has 3 nitrogen and oxygen atoms in total. The summed E-state index contributed by atoms with van der Waals surface area (Å²) in [6.07, 6.45) is 2.52. The Hall–Kier alpha value is -1.13. The van der Waals surface area contributed by atoms with E-state index in [9.17, 15) is 0 Å². The molecule has 2 heterocycles. The third-order valence-corrected chi connectivity index (χ3v) is 5.44. The van der Waals surface area contributed by atoms with Gasteiger partial charge in [0.15, 0.2) is 5.13 Å². The average molecular weight is 289 g/mol. The van der Waals surface area contributed by atoms with Gasteiger partial charge < -0.3 is 9.80 Å². The number of benzene rings is 1. The summed E-state index contributed by atoms with van der Waals surface area (Å²) in [6.45, 7) is 9.15. The van der Waals surface area contributed by atoms with Crippen LogP contribution in [0.4, 0.5) is 5.13 Å². The fourth-order valence-corrected chi connectivity index (χ4v) is 4.17. The van der Waals surface area contributed by atoms with Crippen molar-refractivity contribution >= 4 is 26.7 Å². The van der Waals surface area contributed by atoms with E-state index in [1.165, 1.54) is 35.8 Å². The summed E-state index contributed by atoms with van der Waals surface area (Å²) in [4.78, 5) is 9.83. The summed E-state index contributed by atoms with van der Waals surface area (Å²) >= 11 is 1.83. The number of nitrogens with zero attached hydrogens (tertiary/aromatic N) is 3. The van der Waals surface area contributed by atoms with Crippen molar-refractivity contribution < 1.29 is 0 Å². The van der Waals surface area contributed by atoms with E-state index in [1.807, 2.05) is 11.3 Å². The maximum absolute atomic E-state index is 4.78. The number of piperidine rings is 1. The van der Waals surface area contributed by atoms with E-state index in [2.05, 4.69) is 47.9 Å². The Morgan fingerprint density at radius 1 is 1.20 bits per heavy atom. The summed E-state index contributed by atoms with van der Waals surface area (Å²) in [7, 11) is 0. The van der Waals surface area contributed by atoms with Crippen molar-refractivity contribution in [3.8, 4) is 0 Å². The van der Waals surface area contributed by atoms with Crippen molar-refractivity contribution in [3.05, 3.63) is 24.3 Å². The van der Waals surface area contributed by atoms with Crippen molar-refractivity contribution in [3.63, 3.8) is 0 Å². The van der Waals surface area contributed by atoms with Crippen LogP contribution in [-0.4, -0.2) is 42.1 Å². The standard InChI is InChI=1S/C16H23N3S/c1-3-18(4-2)13-9-11-19(12-10-13)16-17-14-7-5-6-8-15(14)20-16/h5-8,13H,3-4,9-12H2,1-2H3. The zero-order valence-electron chi connectivity index (χ0n) is 12.4. The van der Waals surface area contributed by atoms with Gasteiger partial charge in [0.25, 0.3) is 0 Å². The van der Waals surface area contributed by atoms with Crippen LogP contribution in [0.25, 0.3) is 10.2 Å². The van der Waals surface area contributed by atoms with Gasteiger partial charge in [-0.25, -0.2) is 4.98 Å². The molecular weight excluding hydrogens is 266 g/mol. The zero-order valence-corrected chi connectivity index (χ0v) is 13.2. The molecule has 0 saturated carbocycles. The highest BCUT2D eigenvalue weighted by atomic mass is 32.1. The molecule has 1 fully saturated rings. The highest BCUT2D eigenvalue weighted by Crippen LogP contribution is 2.30. The van der Waals surface area contributed by atoms with E-state index in [0.29, 0.717) is 0 Å². The molecule has 2 aromatic rings. The van der Waals surface area contributed by atoms with Crippen LogP contribution in [0.15, 0.2) is 24.3 Å². The Morgan fingerprint density at radius 2 is 1.90 bits per heavy atom. The van der Waals surface area contributed by atoms with Crippen LogP contribution in [0.1, 0.15) is 26.7 Å². The van der Waals surface area contributed by atoms with Gasteiger partial charge in [-0.2, -0.15) is 0 Å². The van der Waals surface area contributed by atoms with Crippen molar-refractivity contribution in [2.75, 3.05) is 31.1 Å². The number of anilines is 1. The molecule has 0 unspecified atom stereocenters. The largest absolute Gasteiger partial charge is 0.348 e. The van der Waals surface area contributed by atoms with Crippen LogP contribution < -0.4 is 4.90 Å². The molecule has 0 aliphatic carbocycles. The van der Waals surface area contributed by atoms with Crippen molar-refractivity contribution in [1.29, 1.82) is 0 Å². The molecular formula is C16H23N3S. The van der Waals surface area contributed by atoms with Gasteiger partial charge in [0.1, 0.15) is 0 Å². The Labute approximate surface area is 125 Å². The van der Waals surface area contributed by atoms with Gasteiger partial charge in [0, 0.05) is 19.1 Å². The first kappa shape index (κ1) is 13.8. The summed E-state index contributed by atoms with van der Waals surface area (Å²) < 4.78 is 1.30. The molecule has 1 aromatic carbocycles. The van der Waals surface area contributed by atoms with Gasteiger partial charge in [-0.3, -0.25) is 0 Å². The summed E-state index contributed by atoms with van der Waals surface area (Å²) in [5.74, 6) is 0. The molecule has 0 amide bonds. The molecule has 1 aromatic heterocycles. The Bertz CT molecular complexity index is 521. The highest BCUT2D eigenvalue weighted by Gasteiger charge is 2.24. The van der Waals surface area contributed by atoms with Crippen LogP contribution >= 0.6 is 11.3 Å². The Kier molecular flexibility index (Phi) is 4.22. The number of hydrogen-bond acceptors (Lipinski definition) is 4. The van der Waals surface area contributed by atoms with E-state index in [-0.39, 0.29) is 0 Å². The second kappa shape index (κ2) is 6.10. The fourth-order valence-electron chi connectivity index (χ4n) is 3.16. The molecule has 20 heavy (non-hydrogen) atoms. The molecule has 1 aliphatic rings. The fraction of sp³-hybridized carbons (Fsp3) is 0.562. The molecule has 1 saturated heterocycles. The maximum atomic E-state index is 4.78. The molecule has 1 aliphatic heterocycles. The molecule has 3 rings (SSSR count). The quantitative estimate of drug-likeness (QED) is 0.857. The second-order valence-electron chi connectivity index (χ2n) is 5.40.